The standard InChI is InChI=1S/C17H16F3N/c1-21-16(12-7-14(18)17(20)15(19)8-12)9-11-6-10-4-2-3-5-13(10)11/h2-5,7-8,11,16,21H,6,9H2,1H3. The van der Waals surface area contributed by atoms with Gasteiger partial charge in [-0.25, -0.2) is 13.2 Å². The summed E-state index contributed by atoms with van der Waals surface area (Å²) in [5.41, 5.74) is 3.06. The van der Waals surface area contributed by atoms with Gasteiger partial charge in [-0.15, -0.1) is 0 Å². The molecule has 0 amide bonds. The second-order valence-electron chi connectivity index (χ2n) is 5.48. The zero-order valence-electron chi connectivity index (χ0n) is 11.7. The normalized spacial score (nSPS) is 18.0. The van der Waals surface area contributed by atoms with Gasteiger partial charge in [-0.3, -0.25) is 0 Å². The van der Waals surface area contributed by atoms with E-state index < -0.39 is 17.5 Å². The Morgan fingerprint density at radius 2 is 1.81 bits per heavy atom. The van der Waals surface area contributed by atoms with Gasteiger partial charge in [0, 0.05) is 6.04 Å². The summed E-state index contributed by atoms with van der Waals surface area (Å²) in [5, 5.41) is 3.07. The molecule has 3 rings (SSSR count). The third-order valence-corrected chi connectivity index (χ3v) is 4.24. The van der Waals surface area contributed by atoms with Crippen molar-refractivity contribution in [3.8, 4) is 0 Å². The summed E-state index contributed by atoms with van der Waals surface area (Å²) in [6.45, 7) is 0. The first-order valence-corrected chi connectivity index (χ1v) is 6.99. The fraction of sp³-hybridized carbons (Fsp3) is 0.294. The molecule has 21 heavy (non-hydrogen) atoms. The van der Waals surface area contributed by atoms with Crippen molar-refractivity contribution in [2.45, 2.75) is 24.8 Å². The van der Waals surface area contributed by atoms with Crippen molar-refractivity contribution in [1.29, 1.82) is 0 Å². The second-order valence-corrected chi connectivity index (χ2v) is 5.48. The summed E-state index contributed by atoms with van der Waals surface area (Å²) >= 11 is 0. The van der Waals surface area contributed by atoms with Crippen LogP contribution in [0.25, 0.3) is 0 Å². The van der Waals surface area contributed by atoms with Gasteiger partial charge in [0.25, 0.3) is 0 Å². The van der Waals surface area contributed by atoms with Crippen molar-refractivity contribution in [2.75, 3.05) is 7.05 Å². The Kier molecular flexibility index (Phi) is 3.72. The minimum atomic E-state index is -1.41. The van der Waals surface area contributed by atoms with Crippen LogP contribution < -0.4 is 5.32 Å². The maximum atomic E-state index is 13.4. The average molecular weight is 291 g/mol. The molecule has 1 nitrogen and oxygen atoms in total. The quantitative estimate of drug-likeness (QED) is 0.836. The van der Waals surface area contributed by atoms with E-state index in [1.807, 2.05) is 12.1 Å². The molecule has 2 unspecified atom stereocenters. The van der Waals surface area contributed by atoms with Crippen molar-refractivity contribution in [3.05, 3.63) is 70.5 Å². The molecule has 1 aliphatic rings. The van der Waals surface area contributed by atoms with Crippen LogP contribution in [-0.2, 0) is 6.42 Å². The summed E-state index contributed by atoms with van der Waals surface area (Å²) in [5.74, 6) is -3.32. The molecule has 0 radical (unpaired) electrons. The Morgan fingerprint density at radius 1 is 1.14 bits per heavy atom. The minimum absolute atomic E-state index is 0.201. The topological polar surface area (TPSA) is 12.0 Å². The van der Waals surface area contributed by atoms with Crippen molar-refractivity contribution in [3.63, 3.8) is 0 Å². The molecule has 0 heterocycles. The summed E-state index contributed by atoms with van der Waals surface area (Å²) in [6, 6.07) is 10.1. The first-order valence-electron chi connectivity index (χ1n) is 6.99. The largest absolute Gasteiger partial charge is 0.313 e. The fourth-order valence-electron chi connectivity index (χ4n) is 3.05. The van der Waals surface area contributed by atoms with E-state index in [0.717, 1.165) is 25.0 Å². The van der Waals surface area contributed by atoms with Gasteiger partial charge in [-0.05, 0) is 54.6 Å². The molecular formula is C17H16F3N. The lowest BCUT2D eigenvalue weighted by Gasteiger charge is -2.33. The van der Waals surface area contributed by atoms with Crippen molar-refractivity contribution < 1.29 is 13.2 Å². The molecule has 1 aliphatic carbocycles. The summed E-state index contributed by atoms with van der Waals surface area (Å²) in [4.78, 5) is 0. The van der Waals surface area contributed by atoms with Crippen LogP contribution in [0.5, 0.6) is 0 Å². The minimum Gasteiger partial charge on any atom is -0.313 e. The number of benzene rings is 2. The molecule has 110 valence electrons. The van der Waals surface area contributed by atoms with E-state index in [-0.39, 0.29) is 6.04 Å². The zero-order chi connectivity index (χ0) is 15.0. The zero-order valence-corrected chi connectivity index (χ0v) is 11.7. The summed E-state index contributed by atoms with van der Waals surface area (Å²) in [7, 11) is 1.74. The highest BCUT2D eigenvalue weighted by molar-refractivity contribution is 5.40. The first kappa shape index (κ1) is 14.1. The Bertz CT molecular complexity index is 646. The number of hydrogen-bond donors (Lipinski definition) is 1. The lowest BCUT2D eigenvalue weighted by atomic mass is 9.74. The van der Waals surface area contributed by atoms with Gasteiger partial charge in [0.05, 0.1) is 0 Å². The summed E-state index contributed by atoms with van der Waals surface area (Å²) < 4.78 is 39.8. The number of nitrogens with one attached hydrogen (secondary N) is 1. The number of hydrogen-bond acceptors (Lipinski definition) is 1. The van der Waals surface area contributed by atoms with Gasteiger partial charge in [0.1, 0.15) is 0 Å². The van der Waals surface area contributed by atoms with Gasteiger partial charge in [0.15, 0.2) is 17.5 Å². The Hall–Kier alpha value is -1.81. The predicted octanol–water partition coefficient (Wildman–Crippen LogP) is 4.09. The molecule has 0 bridgehead atoms. The highest BCUT2D eigenvalue weighted by Gasteiger charge is 2.28. The van der Waals surface area contributed by atoms with Crippen LogP contribution in [0.1, 0.15) is 35.1 Å². The van der Waals surface area contributed by atoms with E-state index >= 15 is 0 Å². The van der Waals surface area contributed by atoms with Crippen molar-refractivity contribution in [1.82, 2.24) is 5.32 Å². The van der Waals surface area contributed by atoms with E-state index in [0.29, 0.717) is 11.5 Å². The monoisotopic (exact) mass is 291 g/mol. The van der Waals surface area contributed by atoms with Gasteiger partial charge >= 0.3 is 0 Å². The second kappa shape index (κ2) is 5.53. The number of rotatable bonds is 4. The lowest BCUT2D eigenvalue weighted by Crippen LogP contribution is -2.25. The van der Waals surface area contributed by atoms with Crippen LogP contribution in [0, 0.1) is 17.5 Å². The van der Waals surface area contributed by atoms with Gasteiger partial charge in [-0.1, -0.05) is 24.3 Å². The first-order chi connectivity index (χ1) is 10.1. The highest BCUT2D eigenvalue weighted by Crippen LogP contribution is 2.40. The SMILES string of the molecule is CNC(CC1Cc2ccccc21)c1cc(F)c(F)c(F)c1. The number of fused-ring (bicyclic) bond motifs is 1. The van der Waals surface area contributed by atoms with Gasteiger partial charge in [-0.2, -0.15) is 0 Å². The highest BCUT2D eigenvalue weighted by atomic mass is 19.2. The van der Waals surface area contributed by atoms with Crippen LogP contribution >= 0.6 is 0 Å². The third kappa shape index (κ3) is 2.56. The van der Waals surface area contributed by atoms with E-state index in [1.165, 1.54) is 11.1 Å². The molecule has 1 N–H and O–H groups in total. The average Bonchev–Trinajstić information content (AvgIpc) is 2.45. The van der Waals surface area contributed by atoms with Crippen LogP contribution in [0.15, 0.2) is 36.4 Å². The molecule has 0 spiro atoms. The molecule has 4 heteroatoms. The number of halogens is 3. The van der Waals surface area contributed by atoms with Crippen molar-refractivity contribution in [2.24, 2.45) is 0 Å². The van der Waals surface area contributed by atoms with Gasteiger partial charge in [0.2, 0.25) is 0 Å². The Labute approximate surface area is 121 Å². The third-order valence-electron chi connectivity index (χ3n) is 4.24. The predicted molar refractivity (Wildman–Crippen MR) is 75.6 cm³/mol. The van der Waals surface area contributed by atoms with E-state index in [1.54, 1.807) is 7.05 Å². The molecule has 0 aromatic heterocycles. The van der Waals surface area contributed by atoms with E-state index in [4.69, 9.17) is 0 Å². The van der Waals surface area contributed by atoms with Gasteiger partial charge < -0.3 is 5.32 Å². The van der Waals surface area contributed by atoms with Crippen LogP contribution in [0.4, 0.5) is 13.2 Å². The molecule has 0 fully saturated rings. The van der Waals surface area contributed by atoms with Crippen LogP contribution in [0.2, 0.25) is 0 Å². The Balaban J connectivity index is 1.81. The van der Waals surface area contributed by atoms with E-state index in [2.05, 4.69) is 17.4 Å². The Morgan fingerprint density at radius 3 is 2.43 bits per heavy atom. The summed E-state index contributed by atoms with van der Waals surface area (Å²) in [6.07, 6.45) is 1.71. The molecular weight excluding hydrogens is 275 g/mol. The van der Waals surface area contributed by atoms with E-state index in [9.17, 15) is 13.2 Å². The molecule has 0 saturated heterocycles. The maximum Gasteiger partial charge on any atom is 0.194 e. The molecule has 2 aromatic rings. The van der Waals surface area contributed by atoms with Crippen molar-refractivity contribution >= 4 is 0 Å². The maximum absolute atomic E-state index is 13.4. The molecule has 0 saturated carbocycles. The molecule has 2 atom stereocenters. The lowest BCUT2D eigenvalue weighted by molar-refractivity contribution is 0.426. The van der Waals surface area contributed by atoms with Crippen LogP contribution in [0.3, 0.4) is 0 Å². The fourth-order valence-corrected chi connectivity index (χ4v) is 3.05. The molecule has 0 aliphatic heterocycles. The molecule has 2 aromatic carbocycles. The van der Waals surface area contributed by atoms with Crippen LogP contribution in [-0.4, -0.2) is 7.05 Å². The smallest absolute Gasteiger partial charge is 0.194 e.